The smallest absolute Gasteiger partial charge is 0.248 e. The molecule has 4 heterocycles. The fourth-order valence-electron chi connectivity index (χ4n) is 6.59. The summed E-state index contributed by atoms with van der Waals surface area (Å²) in [7, 11) is 0. The minimum absolute atomic E-state index is 0.179. The monoisotopic (exact) mass is 774 g/mol. The molecule has 294 valence electrons. The molecule has 3 aliphatic rings. The zero-order chi connectivity index (χ0) is 39.6. The lowest BCUT2D eigenvalue weighted by molar-refractivity contribution is -0.142. The standard InChI is InChI=1S/C34H46N8O11S/c1-14-26(46)40-24(16(3)44)30(50)38-21-12-54-32-23(18-7-5-6-8-19(18)39-32)25(31(51)37-20(28(48)35-14)10-34(4,53)13-43)41-27(47)15(2)36-29(49)22-9-17(45)11-42(22)33(21)52/h5-8,14-17,20-22,24-25,39,43-45,53H,9-13H2,1-4H3,(H,35,48)(H,36,49)(H,37,51)(H,38,50)(H,40,46)(H,41,47). The molecule has 0 radical (unpaired) electrons. The average Bonchev–Trinajstić information content (AvgIpc) is 3.69. The number of nitrogens with zero attached hydrogens (tertiary/aromatic N) is 1. The molecule has 0 aliphatic carbocycles. The number of carbonyl (C=O) groups is 7. The van der Waals surface area contributed by atoms with Crippen LogP contribution in [0.25, 0.3) is 10.9 Å². The third-order valence-corrected chi connectivity index (χ3v) is 10.7. The van der Waals surface area contributed by atoms with Gasteiger partial charge in [0.1, 0.15) is 42.3 Å². The summed E-state index contributed by atoms with van der Waals surface area (Å²) < 4.78 is 0. The number of benzene rings is 1. The van der Waals surface area contributed by atoms with E-state index in [0.29, 0.717) is 10.9 Å². The summed E-state index contributed by atoms with van der Waals surface area (Å²) >= 11 is 0.983. The van der Waals surface area contributed by atoms with Gasteiger partial charge in [-0.3, -0.25) is 33.6 Å². The summed E-state index contributed by atoms with van der Waals surface area (Å²) in [5, 5.41) is 57.7. The van der Waals surface area contributed by atoms with Crippen LogP contribution in [-0.4, -0.2) is 145 Å². The van der Waals surface area contributed by atoms with E-state index in [9.17, 15) is 54.0 Å². The number of nitrogens with one attached hydrogen (secondary N) is 7. The maximum atomic E-state index is 14.4. The van der Waals surface area contributed by atoms with Gasteiger partial charge in [0.25, 0.3) is 0 Å². The number of aromatic nitrogens is 1. The van der Waals surface area contributed by atoms with E-state index in [4.69, 9.17) is 0 Å². The number of hydrogen-bond acceptors (Lipinski definition) is 12. The van der Waals surface area contributed by atoms with Gasteiger partial charge < -0.3 is 62.2 Å². The van der Waals surface area contributed by atoms with Crippen molar-refractivity contribution in [3.05, 3.63) is 29.8 Å². The Morgan fingerprint density at radius 1 is 0.870 bits per heavy atom. The normalized spacial score (nSPS) is 30.9. The second kappa shape index (κ2) is 16.3. The molecule has 10 atom stereocenters. The SMILES string of the molecule is CC1NC(=O)C(CC(C)(O)CO)NC(=O)C2NC(=O)C(C)NC(=O)C3CC(O)CN3C(=O)C(CSc3[nH]c4ccccc4c32)NC(=O)C(C(C)O)NC1=O. The van der Waals surface area contributed by atoms with Gasteiger partial charge in [0.15, 0.2) is 0 Å². The van der Waals surface area contributed by atoms with Crippen LogP contribution in [0.4, 0.5) is 0 Å². The molecule has 2 bridgehead atoms. The first-order chi connectivity index (χ1) is 25.4. The van der Waals surface area contributed by atoms with E-state index in [1.807, 2.05) is 0 Å². The van der Waals surface area contributed by atoms with Crippen molar-refractivity contribution in [1.82, 2.24) is 41.8 Å². The van der Waals surface area contributed by atoms with Crippen molar-refractivity contribution in [2.24, 2.45) is 0 Å². The van der Waals surface area contributed by atoms with Crippen molar-refractivity contribution < 1.29 is 54.0 Å². The third-order valence-electron chi connectivity index (χ3n) is 9.61. The second-order valence-corrected chi connectivity index (χ2v) is 15.3. The summed E-state index contributed by atoms with van der Waals surface area (Å²) in [6.45, 7) is 3.99. The number of carbonyl (C=O) groups excluding carboxylic acids is 7. The van der Waals surface area contributed by atoms with E-state index < -0.39 is 114 Å². The topological polar surface area (TPSA) is 292 Å². The molecule has 11 N–H and O–H groups in total. The largest absolute Gasteiger partial charge is 0.393 e. The maximum absolute atomic E-state index is 14.4. The number of para-hydroxylation sites is 1. The molecule has 20 heteroatoms. The van der Waals surface area contributed by atoms with Gasteiger partial charge in [0.2, 0.25) is 41.4 Å². The number of aliphatic hydroxyl groups is 4. The van der Waals surface area contributed by atoms with Gasteiger partial charge in [0.05, 0.1) is 29.4 Å². The van der Waals surface area contributed by atoms with E-state index in [1.54, 1.807) is 24.3 Å². The molecule has 5 rings (SSSR count). The number of hydrogen-bond donors (Lipinski definition) is 11. The lowest BCUT2D eigenvalue weighted by Gasteiger charge is -2.31. The first-order valence-electron chi connectivity index (χ1n) is 17.5. The van der Waals surface area contributed by atoms with Crippen LogP contribution in [0.5, 0.6) is 0 Å². The van der Waals surface area contributed by atoms with Crippen LogP contribution in [-0.2, 0) is 33.6 Å². The number of aliphatic hydroxyl groups excluding tert-OH is 3. The van der Waals surface area contributed by atoms with Crippen molar-refractivity contribution in [2.75, 3.05) is 18.9 Å². The minimum atomic E-state index is -1.91. The Bertz CT molecular complexity index is 1820. The predicted octanol–water partition coefficient (Wildman–Crippen LogP) is -3.62. The highest BCUT2D eigenvalue weighted by molar-refractivity contribution is 7.99. The number of fused-ring (bicyclic) bond motifs is 4. The summed E-state index contributed by atoms with van der Waals surface area (Å²) in [6.07, 6.45) is -3.36. The summed E-state index contributed by atoms with van der Waals surface area (Å²) in [4.78, 5) is 101. The molecule has 19 nitrogen and oxygen atoms in total. The number of amides is 7. The van der Waals surface area contributed by atoms with Gasteiger partial charge in [-0.1, -0.05) is 18.2 Å². The number of rotatable bonds is 4. The first-order valence-corrected chi connectivity index (χ1v) is 18.4. The molecule has 3 aliphatic heterocycles. The van der Waals surface area contributed by atoms with E-state index in [-0.39, 0.29) is 29.3 Å². The third kappa shape index (κ3) is 8.78. The Morgan fingerprint density at radius 2 is 1.52 bits per heavy atom. The van der Waals surface area contributed by atoms with Crippen LogP contribution >= 0.6 is 11.8 Å². The van der Waals surface area contributed by atoms with Crippen LogP contribution in [0.2, 0.25) is 0 Å². The quantitative estimate of drug-likeness (QED) is 0.144. The average molecular weight is 775 g/mol. The summed E-state index contributed by atoms with van der Waals surface area (Å²) in [6, 6.07) is -3.42. The highest BCUT2D eigenvalue weighted by Crippen LogP contribution is 2.36. The van der Waals surface area contributed by atoms with Crippen molar-refractivity contribution >= 4 is 64.0 Å². The molecule has 1 aromatic carbocycles. The van der Waals surface area contributed by atoms with Crippen LogP contribution < -0.4 is 31.9 Å². The van der Waals surface area contributed by atoms with Gasteiger partial charge in [0, 0.05) is 41.6 Å². The molecule has 10 unspecified atom stereocenters. The Labute approximate surface area is 313 Å². The minimum Gasteiger partial charge on any atom is -0.393 e. The summed E-state index contributed by atoms with van der Waals surface area (Å²) in [5.41, 5.74) is -1.20. The van der Waals surface area contributed by atoms with Gasteiger partial charge in [-0.05, 0) is 33.8 Å². The fourth-order valence-corrected chi connectivity index (χ4v) is 7.72. The van der Waals surface area contributed by atoms with Gasteiger partial charge in [-0.15, -0.1) is 11.8 Å². The molecule has 54 heavy (non-hydrogen) atoms. The van der Waals surface area contributed by atoms with E-state index in [1.165, 1.54) is 27.7 Å². The van der Waals surface area contributed by atoms with Crippen LogP contribution in [0.3, 0.4) is 0 Å². The molecule has 1 aromatic heterocycles. The number of aromatic amines is 1. The molecule has 2 aromatic rings. The van der Waals surface area contributed by atoms with E-state index in [0.717, 1.165) is 16.7 Å². The van der Waals surface area contributed by atoms with Crippen molar-refractivity contribution in [3.8, 4) is 0 Å². The Morgan fingerprint density at radius 3 is 2.19 bits per heavy atom. The highest BCUT2D eigenvalue weighted by Gasteiger charge is 2.44. The molecule has 1 saturated heterocycles. The van der Waals surface area contributed by atoms with Crippen molar-refractivity contribution in [2.45, 2.75) is 106 Å². The lowest BCUT2D eigenvalue weighted by Crippen LogP contribution is -2.61. The zero-order valence-electron chi connectivity index (χ0n) is 30.0. The Hall–Kier alpha value is -4.76. The second-order valence-electron chi connectivity index (χ2n) is 14.2. The predicted molar refractivity (Wildman–Crippen MR) is 191 cm³/mol. The molecule has 1 fully saturated rings. The lowest BCUT2D eigenvalue weighted by atomic mass is 9.96. The molecule has 7 amide bonds. The van der Waals surface area contributed by atoms with Gasteiger partial charge in [-0.2, -0.15) is 0 Å². The van der Waals surface area contributed by atoms with Crippen LogP contribution in [0.15, 0.2) is 29.3 Å². The molecule has 0 saturated carbocycles. The van der Waals surface area contributed by atoms with Crippen molar-refractivity contribution in [1.29, 1.82) is 0 Å². The Kier molecular flexibility index (Phi) is 12.2. The summed E-state index contributed by atoms with van der Waals surface area (Å²) in [5.74, 6) is -6.47. The Balaban J connectivity index is 1.72. The van der Waals surface area contributed by atoms with Crippen LogP contribution in [0, 0.1) is 0 Å². The zero-order valence-corrected chi connectivity index (χ0v) is 30.9. The maximum Gasteiger partial charge on any atom is 0.248 e. The molecular formula is C34H46N8O11S. The van der Waals surface area contributed by atoms with E-state index >= 15 is 0 Å². The number of H-pyrrole nitrogens is 1. The molecule has 0 spiro atoms. The molecular weight excluding hydrogens is 728 g/mol. The van der Waals surface area contributed by atoms with Crippen molar-refractivity contribution in [3.63, 3.8) is 0 Å². The van der Waals surface area contributed by atoms with Gasteiger partial charge in [-0.25, -0.2) is 0 Å². The van der Waals surface area contributed by atoms with Crippen LogP contribution in [0.1, 0.15) is 52.1 Å². The van der Waals surface area contributed by atoms with Gasteiger partial charge >= 0.3 is 0 Å². The van der Waals surface area contributed by atoms with E-state index in [2.05, 4.69) is 36.9 Å². The fraction of sp³-hybridized carbons (Fsp3) is 0.559. The number of thioether (sulfide) groups is 1. The first kappa shape index (κ1) is 40.4. The highest BCUT2D eigenvalue weighted by atomic mass is 32.2.